The molecule has 2 nitrogen and oxygen atoms in total. The fourth-order valence-corrected chi connectivity index (χ4v) is 5.44. The number of rotatable bonds is 16. The maximum atomic E-state index is 2.54. The lowest BCUT2D eigenvalue weighted by Crippen LogP contribution is -2.38. The molecule has 2 aromatic carbocycles. The summed E-state index contributed by atoms with van der Waals surface area (Å²) >= 11 is 0. The van der Waals surface area contributed by atoms with E-state index < -0.39 is 0 Å². The van der Waals surface area contributed by atoms with Crippen molar-refractivity contribution in [1.82, 2.24) is 4.57 Å². The Balaban J connectivity index is 1.89. The van der Waals surface area contributed by atoms with E-state index in [1.807, 2.05) is 0 Å². The van der Waals surface area contributed by atoms with E-state index in [1.165, 1.54) is 75.3 Å². The van der Waals surface area contributed by atoms with Gasteiger partial charge in [0.25, 0.3) is 0 Å². The highest BCUT2D eigenvalue weighted by Gasteiger charge is 2.40. The molecule has 1 heterocycles. The van der Waals surface area contributed by atoms with Gasteiger partial charge in [0.2, 0.25) is 6.33 Å². The second-order valence-corrected chi connectivity index (χ2v) is 10.3. The van der Waals surface area contributed by atoms with Gasteiger partial charge in [-0.25, -0.2) is 9.13 Å². The smallest absolute Gasteiger partial charge is 0.237 e. The molecule has 3 rings (SSSR count). The summed E-state index contributed by atoms with van der Waals surface area (Å²) in [6, 6.07) is 22.8. The molecule has 3 aromatic rings. The van der Waals surface area contributed by atoms with E-state index in [2.05, 4.69) is 109 Å². The molecule has 0 fully saturated rings. The average Bonchev–Trinajstić information content (AvgIpc) is 3.33. The third-order valence-corrected chi connectivity index (χ3v) is 7.51. The molecule has 0 N–H and O–H groups in total. The van der Waals surface area contributed by atoms with Crippen LogP contribution in [0.2, 0.25) is 0 Å². The summed E-state index contributed by atoms with van der Waals surface area (Å²) in [7, 11) is 0. The van der Waals surface area contributed by atoms with Gasteiger partial charge in [0.1, 0.15) is 18.4 Å². The normalized spacial score (nSPS) is 14.1. The molecular weight excluding hydrogens is 412 g/mol. The van der Waals surface area contributed by atoms with Crippen LogP contribution in [0.15, 0.2) is 79.4 Å². The summed E-state index contributed by atoms with van der Waals surface area (Å²) in [5.41, 5.74) is 2.89. The van der Waals surface area contributed by atoms with Crippen LogP contribution >= 0.6 is 0 Å². The zero-order valence-electron chi connectivity index (χ0n) is 22.0. The lowest BCUT2D eigenvalue weighted by Gasteiger charge is -2.37. The number of hydrogen-bond acceptors (Lipinski definition) is 0. The van der Waals surface area contributed by atoms with Crippen LogP contribution in [-0.2, 0) is 18.4 Å². The van der Waals surface area contributed by atoms with Crippen LogP contribution in [0.1, 0.15) is 102 Å². The van der Waals surface area contributed by atoms with Crippen molar-refractivity contribution in [1.29, 1.82) is 0 Å². The van der Waals surface area contributed by atoms with E-state index in [1.54, 1.807) is 0 Å². The van der Waals surface area contributed by atoms with Crippen molar-refractivity contribution in [3.05, 3.63) is 90.5 Å². The first-order valence-corrected chi connectivity index (χ1v) is 13.8. The number of aromatic nitrogens is 2. The molecular formula is C32H47N2+. The summed E-state index contributed by atoms with van der Waals surface area (Å²) < 4.78 is 4.95. The van der Waals surface area contributed by atoms with Crippen molar-refractivity contribution in [2.24, 2.45) is 0 Å². The average molecular weight is 460 g/mol. The summed E-state index contributed by atoms with van der Waals surface area (Å²) in [4.78, 5) is 0. The van der Waals surface area contributed by atoms with Gasteiger partial charge in [-0.1, -0.05) is 120 Å². The molecule has 0 bridgehead atoms. The third kappa shape index (κ3) is 7.58. The van der Waals surface area contributed by atoms with Gasteiger partial charge in [0, 0.05) is 5.41 Å². The molecule has 0 radical (unpaired) electrons. The number of unbranched alkanes of at least 4 members (excludes halogenated alkanes) is 7. The van der Waals surface area contributed by atoms with Crippen LogP contribution in [-0.4, -0.2) is 4.57 Å². The minimum absolute atomic E-state index is 0.0203. The molecule has 0 aliphatic heterocycles. The molecule has 0 saturated heterocycles. The zero-order chi connectivity index (χ0) is 24.1. The van der Waals surface area contributed by atoms with Gasteiger partial charge >= 0.3 is 0 Å². The minimum Gasteiger partial charge on any atom is -0.237 e. The molecule has 34 heavy (non-hydrogen) atoms. The van der Waals surface area contributed by atoms with E-state index in [9.17, 15) is 0 Å². The second kappa shape index (κ2) is 14.1. The van der Waals surface area contributed by atoms with Crippen molar-refractivity contribution < 1.29 is 4.57 Å². The number of imidazole rings is 1. The summed E-state index contributed by atoms with van der Waals surface area (Å²) in [5, 5.41) is 0. The maximum absolute atomic E-state index is 2.54. The molecule has 184 valence electrons. The van der Waals surface area contributed by atoms with Gasteiger partial charge < -0.3 is 0 Å². The first-order valence-electron chi connectivity index (χ1n) is 13.8. The molecule has 0 spiro atoms. The van der Waals surface area contributed by atoms with E-state index in [0.29, 0.717) is 6.04 Å². The summed E-state index contributed by atoms with van der Waals surface area (Å²) in [5.74, 6) is 0. The first-order chi connectivity index (χ1) is 16.7. The topological polar surface area (TPSA) is 8.81 Å². The highest BCUT2D eigenvalue weighted by molar-refractivity contribution is 5.30. The van der Waals surface area contributed by atoms with Gasteiger partial charge in [-0.05, 0) is 43.2 Å². The van der Waals surface area contributed by atoms with Crippen molar-refractivity contribution in [2.45, 2.75) is 109 Å². The van der Waals surface area contributed by atoms with E-state index in [4.69, 9.17) is 0 Å². The molecule has 0 aliphatic rings. The van der Waals surface area contributed by atoms with E-state index >= 15 is 0 Å². The van der Waals surface area contributed by atoms with Crippen LogP contribution in [0.3, 0.4) is 0 Å². The number of nitrogens with zero attached hydrogens (tertiary/aromatic N) is 2. The number of aryl methyl sites for hydroxylation is 1. The van der Waals surface area contributed by atoms with Gasteiger partial charge in [-0.15, -0.1) is 0 Å². The van der Waals surface area contributed by atoms with Crippen LogP contribution in [0, 0.1) is 0 Å². The fraction of sp³-hybridized carbons (Fsp3) is 0.531. The third-order valence-electron chi connectivity index (χ3n) is 7.51. The number of benzene rings is 2. The molecule has 2 atom stereocenters. The lowest BCUT2D eigenvalue weighted by molar-refractivity contribution is -0.697. The standard InChI is InChI=1S/C32H47N2/c1-4-6-8-10-17-23-31(34-26-25-33(28-34)24-18-9-7-5-2)32(3,30-21-15-12-16-22-30)27-29-19-13-11-14-20-29/h11-16,19-22,25-26,28,31H,4-10,17-18,23-24,27H2,1-3H3/q+1. The maximum Gasteiger partial charge on any atom is 0.244 e. The van der Waals surface area contributed by atoms with E-state index in [0.717, 1.165) is 13.0 Å². The van der Waals surface area contributed by atoms with Crippen LogP contribution in [0.4, 0.5) is 0 Å². The predicted molar refractivity (Wildman–Crippen MR) is 145 cm³/mol. The Labute approximate surface area is 209 Å². The van der Waals surface area contributed by atoms with Crippen molar-refractivity contribution >= 4 is 0 Å². The van der Waals surface area contributed by atoms with Gasteiger partial charge in [0.15, 0.2) is 0 Å². The first kappa shape index (κ1) is 26.3. The van der Waals surface area contributed by atoms with Crippen molar-refractivity contribution in [3.63, 3.8) is 0 Å². The van der Waals surface area contributed by atoms with Crippen molar-refractivity contribution in [2.75, 3.05) is 0 Å². The quantitative estimate of drug-likeness (QED) is 0.150. The Morgan fingerprint density at radius 2 is 1.38 bits per heavy atom. The van der Waals surface area contributed by atoms with Gasteiger partial charge in [-0.3, -0.25) is 0 Å². The van der Waals surface area contributed by atoms with Crippen LogP contribution in [0.5, 0.6) is 0 Å². The van der Waals surface area contributed by atoms with Gasteiger partial charge in [0.05, 0.1) is 6.54 Å². The SMILES string of the molecule is CCCCCCCC(n1cc[n+](CCCCCC)c1)C(C)(Cc1ccccc1)c1ccccc1. The molecule has 0 amide bonds. The molecule has 0 aliphatic carbocycles. The molecule has 2 unspecified atom stereocenters. The molecule has 0 saturated carbocycles. The number of hydrogen-bond donors (Lipinski definition) is 0. The highest BCUT2D eigenvalue weighted by atomic mass is 15.1. The largest absolute Gasteiger partial charge is 0.244 e. The lowest BCUT2D eigenvalue weighted by atomic mass is 9.70. The molecule has 2 heteroatoms. The Kier molecular flexibility index (Phi) is 10.9. The summed E-state index contributed by atoms with van der Waals surface area (Å²) in [6.45, 7) is 8.20. The highest BCUT2D eigenvalue weighted by Crippen LogP contribution is 2.41. The Morgan fingerprint density at radius 1 is 0.765 bits per heavy atom. The zero-order valence-corrected chi connectivity index (χ0v) is 22.0. The summed E-state index contributed by atoms with van der Waals surface area (Å²) in [6.07, 6.45) is 21.1. The Hall–Kier alpha value is -2.35. The van der Waals surface area contributed by atoms with E-state index in [-0.39, 0.29) is 5.41 Å². The second-order valence-electron chi connectivity index (χ2n) is 10.3. The fourth-order valence-electron chi connectivity index (χ4n) is 5.44. The Morgan fingerprint density at radius 3 is 2.06 bits per heavy atom. The van der Waals surface area contributed by atoms with Crippen LogP contribution < -0.4 is 4.57 Å². The van der Waals surface area contributed by atoms with Crippen LogP contribution in [0.25, 0.3) is 0 Å². The monoisotopic (exact) mass is 459 g/mol. The van der Waals surface area contributed by atoms with Gasteiger partial charge in [-0.2, -0.15) is 0 Å². The molecule has 1 aromatic heterocycles. The predicted octanol–water partition coefficient (Wildman–Crippen LogP) is 8.46. The van der Waals surface area contributed by atoms with Crippen molar-refractivity contribution in [3.8, 4) is 0 Å². The Bertz CT molecular complexity index is 914. The minimum atomic E-state index is 0.0203.